The molecule has 0 aliphatic heterocycles. The van der Waals surface area contributed by atoms with Crippen LogP contribution in [0.15, 0.2) is 17.4 Å². The Balaban J connectivity index is 1.88. The third kappa shape index (κ3) is 4.95. The smallest absolute Gasteiger partial charge is 0.354 e. The average Bonchev–Trinajstić information content (AvgIpc) is 3.04. The van der Waals surface area contributed by atoms with E-state index >= 15 is 0 Å². The van der Waals surface area contributed by atoms with Crippen LogP contribution in [0, 0.1) is 0 Å². The van der Waals surface area contributed by atoms with E-state index in [4.69, 9.17) is 0 Å². The fourth-order valence-corrected chi connectivity index (χ4v) is 2.47. The lowest BCUT2D eigenvalue weighted by molar-refractivity contribution is -0.141. The zero-order valence-corrected chi connectivity index (χ0v) is 12.0. The van der Waals surface area contributed by atoms with Crippen molar-refractivity contribution in [3.05, 3.63) is 18.2 Å². The highest BCUT2D eigenvalue weighted by atomic mass is 19.4. The van der Waals surface area contributed by atoms with Gasteiger partial charge in [-0.15, -0.1) is 0 Å². The zero-order chi connectivity index (χ0) is 15.3. The van der Waals surface area contributed by atoms with E-state index in [0.29, 0.717) is 17.8 Å². The predicted molar refractivity (Wildman–Crippen MR) is 73.9 cm³/mol. The summed E-state index contributed by atoms with van der Waals surface area (Å²) in [5.41, 5.74) is 0. The summed E-state index contributed by atoms with van der Waals surface area (Å²) in [5.74, 6) is 0.935. The molecule has 1 aromatic rings. The topological polar surface area (TPSA) is 54.2 Å². The molecule has 2 N–H and O–H groups in total. The third-order valence-electron chi connectivity index (χ3n) is 3.48. The van der Waals surface area contributed by atoms with Gasteiger partial charge < -0.3 is 15.2 Å². The fourth-order valence-electron chi connectivity index (χ4n) is 2.47. The molecule has 0 radical (unpaired) electrons. The molecule has 1 saturated carbocycles. The van der Waals surface area contributed by atoms with Crippen LogP contribution in [-0.2, 0) is 13.1 Å². The van der Waals surface area contributed by atoms with Crippen molar-refractivity contribution in [2.75, 3.05) is 7.05 Å². The molecule has 0 saturated heterocycles. The lowest BCUT2D eigenvalue weighted by Crippen LogP contribution is -2.42. The van der Waals surface area contributed by atoms with Crippen molar-refractivity contribution < 1.29 is 13.2 Å². The van der Waals surface area contributed by atoms with Gasteiger partial charge in [-0.2, -0.15) is 13.2 Å². The molecule has 0 unspecified atom stereocenters. The van der Waals surface area contributed by atoms with Crippen molar-refractivity contribution in [3.8, 4) is 0 Å². The lowest BCUT2D eigenvalue weighted by Gasteiger charge is -2.17. The summed E-state index contributed by atoms with van der Waals surface area (Å²) in [4.78, 5) is 8.05. The van der Waals surface area contributed by atoms with Gasteiger partial charge >= 0.3 is 6.18 Å². The number of aromatic nitrogens is 2. The first-order chi connectivity index (χ1) is 9.98. The van der Waals surface area contributed by atoms with Crippen molar-refractivity contribution >= 4 is 5.96 Å². The third-order valence-corrected chi connectivity index (χ3v) is 3.48. The minimum Gasteiger partial charge on any atom is -0.354 e. The Labute approximate surface area is 121 Å². The summed E-state index contributed by atoms with van der Waals surface area (Å²) in [6.07, 6.45) is 3.05. The number of hydrogen-bond acceptors (Lipinski definition) is 2. The number of nitrogens with one attached hydrogen (secondary N) is 2. The van der Waals surface area contributed by atoms with Gasteiger partial charge in [0.1, 0.15) is 12.4 Å². The molecule has 1 aromatic heterocycles. The number of halogens is 3. The largest absolute Gasteiger partial charge is 0.406 e. The Bertz CT molecular complexity index is 474. The fraction of sp³-hybridized carbons (Fsp3) is 0.692. The maximum absolute atomic E-state index is 12.4. The van der Waals surface area contributed by atoms with Gasteiger partial charge in [0.2, 0.25) is 0 Å². The Kier molecular flexibility index (Phi) is 5.08. The quantitative estimate of drug-likeness (QED) is 0.661. The molecule has 8 heteroatoms. The van der Waals surface area contributed by atoms with Crippen molar-refractivity contribution in [2.45, 2.75) is 51.0 Å². The highest BCUT2D eigenvalue weighted by molar-refractivity contribution is 5.79. The Morgan fingerprint density at radius 3 is 2.76 bits per heavy atom. The first-order valence-electron chi connectivity index (χ1n) is 7.02. The maximum Gasteiger partial charge on any atom is 0.406 e. The first-order valence-corrected chi connectivity index (χ1v) is 7.02. The summed E-state index contributed by atoms with van der Waals surface area (Å²) in [6.45, 7) is -0.825. The summed E-state index contributed by atoms with van der Waals surface area (Å²) < 4.78 is 38.4. The van der Waals surface area contributed by atoms with Crippen molar-refractivity contribution in [1.29, 1.82) is 0 Å². The molecule has 1 fully saturated rings. The minimum atomic E-state index is -4.25. The Morgan fingerprint density at radius 2 is 2.14 bits per heavy atom. The second kappa shape index (κ2) is 6.82. The maximum atomic E-state index is 12.4. The highest BCUT2D eigenvalue weighted by Gasteiger charge is 2.28. The molecule has 0 atom stereocenters. The van der Waals surface area contributed by atoms with E-state index in [1.165, 1.54) is 25.2 Å². The molecule has 1 aliphatic rings. The van der Waals surface area contributed by atoms with Gasteiger partial charge in [0.25, 0.3) is 0 Å². The molecular formula is C13H20F3N5. The summed E-state index contributed by atoms with van der Waals surface area (Å²) >= 11 is 0. The number of rotatable bonds is 4. The van der Waals surface area contributed by atoms with E-state index in [9.17, 15) is 13.2 Å². The summed E-state index contributed by atoms with van der Waals surface area (Å²) in [7, 11) is 1.65. The molecule has 0 spiro atoms. The van der Waals surface area contributed by atoms with Gasteiger partial charge in [0.15, 0.2) is 5.96 Å². The second-order valence-corrected chi connectivity index (χ2v) is 5.14. The normalized spacial score (nSPS) is 17.2. The van der Waals surface area contributed by atoms with Gasteiger partial charge in [-0.3, -0.25) is 4.99 Å². The molecule has 1 heterocycles. The van der Waals surface area contributed by atoms with Gasteiger partial charge in [0, 0.05) is 25.5 Å². The van der Waals surface area contributed by atoms with Crippen LogP contribution < -0.4 is 10.6 Å². The van der Waals surface area contributed by atoms with Crippen LogP contribution >= 0.6 is 0 Å². The van der Waals surface area contributed by atoms with E-state index < -0.39 is 12.7 Å². The number of nitrogens with zero attached hydrogens (tertiary/aromatic N) is 3. The first kappa shape index (κ1) is 15.7. The lowest BCUT2D eigenvalue weighted by atomic mass is 10.2. The molecular weight excluding hydrogens is 283 g/mol. The van der Waals surface area contributed by atoms with Crippen molar-refractivity contribution in [1.82, 2.24) is 20.2 Å². The van der Waals surface area contributed by atoms with E-state index in [0.717, 1.165) is 17.4 Å². The van der Waals surface area contributed by atoms with Crippen LogP contribution in [-0.4, -0.2) is 34.8 Å². The number of alkyl halides is 3. The molecule has 118 valence electrons. The number of hydrogen-bond donors (Lipinski definition) is 2. The van der Waals surface area contributed by atoms with Gasteiger partial charge in [-0.25, -0.2) is 4.98 Å². The second-order valence-electron chi connectivity index (χ2n) is 5.14. The number of guanidine groups is 1. The number of aliphatic imine (C=N–C) groups is 1. The van der Waals surface area contributed by atoms with Crippen molar-refractivity contribution in [3.63, 3.8) is 0 Å². The summed E-state index contributed by atoms with van der Waals surface area (Å²) in [6, 6.07) is 0.395. The monoisotopic (exact) mass is 303 g/mol. The molecule has 0 aromatic carbocycles. The Morgan fingerprint density at radius 1 is 1.43 bits per heavy atom. The van der Waals surface area contributed by atoms with E-state index in [1.54, 1.807) is 7.05 Å². The molecule has 0 amide bonds. The van der Waals surface area contributed by atoms with Crippen molar-refractivity contribution in [2.24, 2.45) is 4.99 Å². The Hall–Kier alpha value is -1.73. The van der Waals surface area contributed by atoms with Crippen LogP contribution in [0.3, 0.4) is 0 Å². The summed E-state index contributed by atoms with van der Waals surface area (Å²) in [5, 5.41) is 6.29. The molecule has 0 bridgehead atoms. The average molecular weight is 303 g/mol. The molecule has 2 rings (SSSR count). The molecule has 21 heavy (non-hydrogen) atoms. The zero-order valence-electron chi connectivity index (χ0n) is 12.0. The SMILES string of the molecule is CN=C(NCc1nccn1CC(F)(F)F)NC1CCCC1. The molecule has 1 aliphatic carbocycles. The predicted octanol–water partition coefficient (Wildman–Crippen LogP) is 2.05. The van der Waals surface area contributed by atoms with Crippen LogP contribution in [0.4, 0.5) is 13.2 Å². The van der Waals surface area contributed by atoms with Crippen LogP contribution in [0.5, 0.6) is 0 Å². The van der Waals surface area contributed by atoms with E-state index in [-0.39, 0.29) is 6.54 Å². The highest BCUT2D eigenvalue weighted by Crippen LogP contribution is 2.18. The van der Waals surface area contributed by atoms with Crippen LogP contribution in [0.2, 0.25) is 0 Å². The number of imidazole rings is 1. The van der Waals surface area contributed by atoms with E-state index in [1.807, 2.05) is 0 Å². The molecule has 5 nitrogen and oxygen atoms in total. The standard InChI is InChI=1S/C13H20F3N5/c1-17-12(20-10-4-2-3-5-10)19-8-11-18-6-7-21(11)9-13(14,15)16/h6-7,10H,2-5,8-9H2,1H3,(H2,17,19,20). The van der Waals surface area contributed by atoms with Gasteiger partial charge in [-0.05, 0) is 12.8 Å². The van der Waals surface area contributed by atoms with Gasteiger partial charge in [0.05, 0.1) is 6.54 Å². The van der Waals surface area contributed by atoms with Crippen LogP contribution in [0.1, 0.15) is 31.5 Å². The van der Waals surface area contributed by atoms with Crippen LogP contribution in [0.25, 0.3) is 0 Å². The van der Waals surface area contributed by atoms with Gasteiger partial charge in [-0.1, -0.05) is 12.8 Å². The van der Waals surface area contributed by atoms with E-state index in [2.05, 4.69) is 20.6 Å². The minimum absolute atomic E-state index is 0.204.